The van der Waals surface area contributed by atoms with Crippen molar-refractivity contribution in [1.29, 1.82) is 0 Å². The van der Waals surface area contributed by atoms with E-state index >= 15 is 0 Å². The maximum absolute atomic E-state index is 12.2. The molecule has 0 radical (unpaired) electrons. The van der Waals surface area contributed by atoms with E-state index in [1.54, 1.807) is 19.1 Å². The fraction of sp³-hybridized carbons (Fsp3) is 0.444. The summed E-state index contributed by atoms with van der Waals surface area (Å²) in [5, 5.41) is 3.52. The lowest BCUT2D eigenvalue weighted by Gasteiger charge is -2.11. The second kappa shape index (κ2) is 7.86. The van der Waals surface area contributed by atoms with Gasteiger partial charge in [0.05, 0.1) is 6.61 Å². The predicted octanol–water partition coefficient (Wildman–Crippen LogP) is 3.21. The maximum Gasteiger partial charge on any atom is 0.375 e. The Bertz CT molecular complexity index is 734. The number of ether oxygens (including phenoxy) is 2. The Hall–Kier alpha value is -2.50. The molecule has 0 unspecified atom stereocenters. The number of benzene rings is 1. The molecule has 1 aromatic heterocycles. The first-order valence-corrected chi connectivity index (χ1v) is 8.08. The molecule has 1 heterocycles. The number of carbonyl (C=O) groups is 2. The molecule has 6 heteroatoms. The molecule has 2 rings (SSSR count). The second-order valence-electron chi connectivity index (χ2n) is 5.60. The van der Waals surface area contributed by atoms with Crippen molar-refractivity contribution >= 4 is 22.8 Å². The van der Waals surface area contributed by atoms with E-state index in [1.165, 1.54) is 0 Å². The summed E-state index contributed by atoms with van der Waals surface area (Å²) in [5.74, 6) is -0.164. The summed E-state index contributed by atoms with van der Waals surface area (Å²) in [7, 11) is 0. The van der Waals surface area contributed by atoms with E-state index in [1.807, 2.05) is 26.8 Å². The number of aryl methyl sites for hydroxylation is 1. The number of amides is 1. The summed E-state index contributed by atoms with van der Waals surface area (Å²) >= 11 is 0. The molecule has 24 heavy (non-hydrogen) atoms. The SMILES string of the molecule is CCOc1ccc2oc(C(=O)OCC(=O)N[C@H](C)CC)c(C)c2c1. The van der Waals surface area contributed by atoms with Gasteiger partial charge in [0.2, 0.25) is 5.76 Å². The zero-order chi connectivity index (χ0) is 17.7. The highest BCUT2D eigenvalue weighted by molar-refractivity contribution is 5.97. The molecule has 130 valence electrons. The van der Waals surface area contributed by atoms with Crippen LogP contribution in [-0.2, 0) is 9.53 Å². The van der Waals surface area contributed by atoms with E-state index in [0.29, 0.717) is 23.5 Å². The summed E-state index contributed by atoms with van der Waals surface area (Å²) < 4.78 is 16.1. The van der Waals surface area contributed by atoms with Gasteiger partial charge in [0, 0.05) is 17.0 Å². The van der Waals surface area contributed by atoms with E-state index in [0.717, 1.165) is 11.8 Å². The second-order valence-corrected chi connectivity index (χ2v) is 5.60. The van der Waals surface area contributed by atoms with Crippen LogP contribution in [0.1, 0.15) is 43.3 Å². The summed E-state index contributed by atoms with van der Waals surface area (Å²) in [4.78, 5) is 23.9. The first-order chi connectivity index (χ1) is 11.5. The molecule has 0 fully saturated rings. The van der Waals surface area contributed by atoms with Crippen LogP contribution in [-0.4, -0.2) is 31.1 Å². The van der Waals surface area contributed by atoms with Gasteiger partial charge in [-0.05, 0) is 45.4 Å². The number of furan rings is 1. The van der Waals surface area contributed by atoms with E-state index in [-0.39, 0.29) is 24.3 Å². The normalized spacial score (nSPS) is 12.0. The van der Waals surface area contributed by atoms with Crippen molar-refractivity contribution < 1.29 is 23.5 Å². The molecule has 1 amide bonds. The highest BCUT2D eigenvalue weighted by Gasteiger charge is 2.20. The molecule has 0 aliphatic rings. The van der Waals surface area contributed by atoms with Gasteiger partial charge in [-0.25, -0.2) is 4.79 Å². The summed E-state index contributed by atoms with van der Waals surface area (Å²) in [5.41, 5.74) is 1.24. The van der Waals surface area contributed by atoms with Crippen molar-refractivity contribution in [3.63, 3.8) is 0 Å². The van der Waals surface area contributed by atoms with Crippen LogP contribution in [0.15, 0.2) is 22.6 Å². The molecule has 1 atom stereocenters. The molecule has 1 aromatic carbocycles. The fourth-order valence-electron chi connectivity index (χ4n) is 2.27. The minimum absolute atomic E-state index is 0.0427. The van der Waals surface area contributed by atoms with Crippen molar-refractivity contribution in [2.75, 3.05) is 13.2 Å². The average molecular weight is 333 g/mol. The van der Waals surface area contributed by atoms with Crippen molar-refractivity contribution in [1.82, 2.24) is 5.32 Å². The quantitative estimate of drug-likeness (QED) is 0.787. The summed E-state index contributed by atoms with van der Waals surface area (Å²) in [6.07, 6.45) is 0.810. The van der Waals surface area contributed by atoms with Crippen LogP contribution < -0.4 is 10.1 Å². The van der Waals surface area contributed by atoms with Crippen molar-refractivity contribution in [2.24, 2.45) is 0 Å². The summed E-state index contributed by atoms with van der Waals surface area (Å²) in [6.45, 7) is 7.76. The van der Waals surface area contributed by atoms with Crippen molar-refractivity contribution in [3.05, 3.63) is 29.5 Å². The Morgan fingerprint density at radius 3 is 2.71 bits per heavy atom. The molecule has 0 aliphatic heterocycles. The molecular weight excluding hydrogens is 310 g/mol. The molecule has 0 saturated heterocycles. The first kappa shape index (κ1) is 17.8. The van der Waals surface area contributed by atoms with Gasteiger partial charge in [-0.2, -0.15) is 0 Å². The smallest absolute Gasteiger partial charge is 0.375 e. The van der Waals surface area contributed by atoms with E-state index in [9.17, 15) is 9.59 Å². The Balaban J connectivity index is 2.09. The lowest BCUT2D eigenvalue weighted by atomic mass is 10.1. The van der Waals surface area contributed by atoms with Gasteiger partial charge < -0.3 is 19.2 Å². The van der Waals surface area contributed by atoms with Gasteiger partial charge in [0.25, 0.3) is 5.91 Å². The third kappa shape index (κ3) is 4.07. The van der Waals surface area contributed by atoms with Crippen LogP contribution in [0.3, 0.4) is 0 Å². The molecular formula is C18H23NO5. The average Bonchev–Trinajstić information content (AvgIpc) is 2.89. The van der Waals surface area contributed by atoms with E-state index in [4.69, 9.17) is 13.9 Å². The number of esters is 1. The lowest BCUT2D eigenvalue weighted by molar-refractivity contribution is -0.124. The molecule has 0 bridgehead atoms. The number of hydrogen-bond acceptors (Lipinski definition) is 5. The first-order valence-electron chi connectivity index (χ1n) is 8.08. The van der Waals surface area contributed by atoms with Gasteiger partial charge in [-0.3, -0.25) is 4.79 Å². The number of fused-ring (bicyclic) bond motifs is 1. The van der Waals surface area contributed by atoms with Crippen molar-refractivity contribution in [2.45, 2.75) is 40.2 Å². The monoisotopic (exact) mass is 333 g/mol. The largest absolute Gasteiger partial charge is 0.494 e. The number of rotatable bonds is 7. The Morgan fingerprint density at radius 2 is 2.04 bits per heavy atom. The van der Waals surface area contributed by atoms with Gasteiger partial charge >= 0.3 is 5.97 Å². The summed E-state index contributed by atoms with van der Waals surface area (Å²) in [6, 6.07) is 5.40. The minimum Gasteiger partial charge on any atom is -0.494 e. The third-order valence-corrected chi connectivity index (χ3v) is 3.76. The van der Waals surface area contributed by atoms with Gasteiger partial charge in [0.1, 0.15) is 11.3 Å². The van der Waals surface area contributed by atoms with Crippen LogP contribution in [0, 0.1) is 6.92 Å². The maximum atomic E-state index is 12.2. The predicted molar refractivity (Wildman–Crippen MR) is 90.3 cm³/mol. The number of carbonyl (C=O) groups excluding carboxylic acids is 2. The number of nitrogens with one attached hydrogen (secondary N) is 1. The molecule has 0 spiro atoms. The van der Waals surface area contributed by atoms with E-state index in [2.05, 4.69) is 5.32 Å². The van der Waals surface area contributed by atoms with Gasteiger partial charge in [-0.1, -0.05) is 6.92 Å². The van der Waals surface area contributed by atoms with Crippen LogP contribution in [0.4, 0.5) is 0 Å². The Kier molecular flexibility index (Phi) is 5.84. The van der Waals surface area contributed by atoms with Crippen molar-refractivity contribution in [3.8, 4) is 5.75 Å². The highest BCUT2D eigenvalue weighted by Crippen LogP contribution is 2.29. The topological polar surface area (TPSA) is 77.8 Å². The van der Waals surface area contributed by atoms with Crippen LogP contribution in [0.5, 0.6) is 5.75 Å². The zero-order valence-corrected chi connectivity index (χ0v) is 14.5. The standard InChI is InChI=1S/C18H23NO5/c1-5-11(3)19-16(20)10-23-18(21)17-12(4)14-9-13(22-6-2)7-8-15(14)24-17/h7-9,11H,5-6,10H2,1-4H3,(H,19,20)/t11-/m1/s1. The molecule has 0 aliphatic carbocycles. The molecule has 1 N–H and O–H groups in total. The molecule has 6 nitrogen and oxygen atoms in total. The molecule has 2 aromatic rings. The van der Waals surface area contributed by atoms with E-state index < -0.39 is 5.97 Å². The number of hydrogen-bond donors (Lipinski definition) is 1. The highest BCUT2D eigenvalue weighted by atomic mass is 16.5. The lowest BCUT2D eigenvalue weighted by Crippen LogP contribution is -2.35. The molecule has 0 saturated carbocycles. The van der Waals surface area contributed by atoms with Gasteiger partial charge in [-0.15, -0.1) is 0 Å². The van der Waals surface area contributed by atoms with Crippen LogP contribution in [0.25, 0.3) is 11.0 Å². The zero-order valence-electron chi connectivity index (χ0n) is 14.5. The minimum atomic E-state index is -0.652. The van der Waals surface area contributed by atoms with Crippen LogP contribution >= 0.6 is 0 Å². The fourth-order valence-corrected chi connectivity index (χ4v) is 2.27. The Labute approximate surface area is 141 Å². The van der Waals surface area contributed by atoms with Crippen LogP contribution in [0.2, 0.25) is 0 Å². The third-order valence-electron chi connectivity index (χ3n) is 3.76. The Morgan fingerprint density at radius 1 is 1.29 bits per heavy atom. The van der Waals surface area contributed by atoms with Gasteiger partial charge in [0.15, 0.2) is 6.61 Å².